The minimum atomic E-state index is -3.02. The zero-order valence-electron chi connectivity index (χ0n) is 15.5. The van der Waals surface area contributed by atoms with Gasteiger partial charge in [0.25, 0.3) is 0 Å². The quantitative estimate of drug-likeness (QED) is 0.661. The van der Waals surface area contributed by atoms with Crippen LogP contribution >= 0.6 is 11.8 Å². The number of thioether (sulfide) groups is 1. The molecule has 0 unspecified atom stereocenters. The lowest BCUT2D eigenvalue weighted by Crippen LogP contribution is -2.38. The number of benzene rings is 1. The molecule has 1 amide bonds. The van der Waals surface area contributed by atoms with Crippen LogP contribution in [0.2, 0.25) is 0 Å². The second-order valence-corrected chi connectivity index (χ2v) is 9.62. The molecular formula is C17H22N4O4S2. The Balaban J connectivity index is 1.63. The number of carbonyl (C=O) groups is 1. The average Bonchev–Trinajstić information content (AvgIpc) is 3.21. The first kappa shape index (κ1) is 19.7. The second kappa shape index (κ2) is 7.89. The first-order valence-corrected chi connectivity index (χ1v) is 11.2. The molecule has 0 bridgehead atoms. The minimum Gasteiger partial charge on any atom is -0.497 e. The van der Waals surface area contributed by atoms with Gasteiger partial charge in [-0.2, -0.15) is 0 Å². The van der Waals surface area contributed by atoms with E-state index in [1.54, 1.807) is 14.2 Å². The van der Waals surface area contributed by atoms with Crippen LogP contribution < -0.4 is 4.74 Å². The molecule has 0 N–H and O–H groups in total. The minimum absolute atomic E-state index is 0.0471. The van der Waals surface area contributed by atoms with Crippen LogP contribution in [0.4, 0.5) is 0 Å². The lowest BCUT2D eigenvalue weighted by molar-refractivity contribution is -0.128. The average molecular weight is 411 g/mol. The number of hydrogen-bond acceptors (Lipinski definition) is 7. The predicted molar refractivity (Wildman–Crippen MR) is 104 cm³/mol. The SMILES string of the molecule is COc1ccc(-c2nnc(SCC(=O)N(C)[C@@H]3CCS(=O)(=O)C3)n2C)cc1. The topological polar surface area (TPSA) is 94.4 Å². The van der Waals surface area contributed by atoms with Crippen LogP contribution in [-0.4, -0.2) is 71.4 Å². The van der Waals surface area contributed by atoms with Gasteiger partial charge in [0.2, 0.25) is 5.91 Å². The summed E-state index contributed by atoms with van der Waals surface area (Å²) in [6.45, 7) is 0. The van der Waals surface area contributed by atoms with Gasteiger partial charge in [-0.15, -0.1) is 10.2 Å². The fraction of sp³-hybridized carbons (Fsp3) is 0.471. The summed E-state index contributed by atoms with van der Waals surface area (Å²) in [6.07, 6.45) is 0.501. The highest BCUT2D eigenvalue weighted by Gasteiger charge is 2.32. The standard InChI is InChI=1S/C17H22N4O4S2/c1-20(13-8-9-27(23,24)11-13)15(22)10-26-17-19-18-16(21(17)2)12-4-6-14(25-3)7-5-12/h4-7,13H,8-11H2,1-3H3/t13-/m1/s1. The van der Waals surface area contributed by atoms with E-state index < -0.39 is 9.84 Å². The number of carbonyl (C=O) groups excluding carboxylic acids is 1. The molecule has 146 valence electrons. The summed E-state index contributed by atoms with van der Waals surface area (Å²) in [6, 6.07) is 7.26. The molecule has 8 nitrogen and oxygen atoms in total. The summed E-state index contributed by atoms with van der Waals surface area (Å²) in [5.74, 6) is 1.72. The molecule has 0 saturated carbocycles. The van der Waals surface area contributed by atoms with Gasteiger partial charge in [0.05, 0.1) is 24.4 Å². The number of ether oxygens (including phenoxy) is 1. The maximum absolute atomic E-state index is 12.4. The normalized spacial score (nSPS) is 18.4. The van der Waals surface area contributed by atoms with Gasteiger partial charge in [-0.05, 0) is 30.7 Å². The van der Waals surface area contributed by atoms with Crippen molar-refractivity contribution in [1.82, 2.24) is 19.7 Å². The molecule has 0 radical (unpaired) electrons. The number of amides is 1. The lowest BCUT2D eigenvalue weighted by Gasteiger charge is -2.23. The zero-order valence-corrected chi connectivity index (χ0v) is 17.1. The van der Waals surface area contributed by atoms with Crippen LogP contribution in [0.5, 0.6) is 5.75 Å². The molecule has 3 rings (SSSR count). The van der Waals surface area contributed by atoms with E-state index in [9.17, 15) is 13.2 Å². The van der Waals surface area contributed by atoms with Gasteiger partial charge in [-0.3, -0.25) is 4.79 Å². The molecule has 1 fully saturated rings. The summed E-state index contributed by atoms with van der Waals surface area (Å²) in [4.78, 5) is 14.0. The summed E-state index contributed by atoms with van der Waals surface area (Å²) in [5.41, 5.74) is 0.900. The van der Waals surface area contributed by atoms with Crippen molar-refractivity contribution in [3.8, 4) is 17.1 Å². The Morgan fingerprint density at radius 1 is 1.33 bits per heavy atom. The number of nitrogens with zero attached hydrogens (tertiary/aromatic N) is 4. The van der Waals surface area contributed by atoms with Crippen molar-refractivity contribution < 1.29 is 17.9 Å². The smallest absolute Gasteiger partial charge is 0.233 e. The number of methoxy groups -OCH3 is 1. The number of hydrogen-bond donors (Lipinski definition) is 0. The molecule has 0 spiro atoms. The third kappa shape index (κ3) is 4.44. The van der Waals surface area contributed by atoms with Crippen molar-refractivity contribution in [2.75, 3.05) is 31.4 Å². The monoisotopic (exact) mass is 410 g/mol. The third-order valence-electron chi connectivity index (χ3n) is 4.66. The maximum atomic E-state index is 12.4. The van der Waals surface area contributed by atoms with Gasteiger partial charge in [0, 0.05) is 25.7 Å². The van der Waals surface area contributed by atoms with E-state index >= 15 is 0 Å². The van der Waals surface area contributed by atoms with E-state index in [0.717, 1.165) is 11.3 Å². The van der Waals surface area contributed by atoms with Crippen LogP contribution in [0.15, 0.2) is 29.4 Å². The van der Waals surface area contributed by atoms with Crippen LogP contribution in [0.1, 0.15) is 6.42 Å². The van der Waals surface area contributed by atoms with Gasteiger partial charge in [-0.25, -0.2) is 8.42 Å². The Bertz CT molecular complexity index is 925. The first-order chi connectivity index (χ1) is 12.8. The third-order valence-corrected chi connectivity index (χ3v) is 7.41. The molecule has 1 saturated heterocycles. The van der Waals surface area contributed by atoms with Gasteiger partial charge >= 0.3 is 0 Å². The summed E-state index contributed by atoms with van der Waals surface area (Å²) < 4.78 is 30.2. The molecule has 0 aliphatic carbocycles. The van der Waals surface area contributed by atoms with Crippen molar-refractivity contribution in [1.29, 1.82) is 0 Å². The summed E-state index contributed by atoms with van der Waals surface area (Å²) >= 11 is 1.29. The van der Waals surface area contributed by atoms with Crippen molar-refractivity contribution in [2.45, 2.75) is 17.6 Å². The largest absolute Gasteiger partial charge is 0.497 e. The Morgan fingerprint density at radius 2 is 2.04 bits per heavy atom. The highest BCUT2D eigenvalue weighted by Crippen LogP contribution is 2.25. The van der Waals surface area contributed by atoms with Crippen molar-refractivity contribution in [3.63, 3.8) is 0 Å². The molecular weight excluding hydrogens is 388 g/mol. The molecule has 1 aliphatic rings. The number of sulfone groups is 1. The first-order valence-electron chi connectivity index (χ1n) is 8.43. The Hall–Kier alpha value is -2.07. The Kier molecular flexibility index (Phi) is 5.75. The highest BCUT2D eigenvalue weighted by molar-refractivity contribution is 7.99. The molecule has 10 heteroatoms. The van der Waals surface area contributed by atoms with E-state index in [2.05, 4.69) is 10.2 Å². The molecule has 1 aromatic heterocycles. The van der Waals surface area contributed by atoms with E-state index in [1.165, 1.54) is 16.7 Å². The molecule has 1 aromatic carbocycles. The molecule has 2 heterocycles. The fourth-order valence-electron chi connectivity index (χ4n) is 2.94. The van der Waals surface area contributed by atoms with Crippen LogP contribution in [0, 0.1) is 0 Å². The fourth-order valence-corrected chi connectivity index (χ4v) is 5.55. The van der Waals surface area contributed by atoms with Gasteiger partial charge in [-0.1, -0.05) is 11.8 Å². The van der Waals surface area contributed by atoms with E-state index in [-0.39, 0.29) is 29.2 Å². The van der Waals surface area contributed by atoms with E-state index in [1.807, 2.05) is 35.9 Å². The molecule has 1 aliphatic heterocycles. The van der Waals surface area contributed by atoms with Gasteiger partial charge in [0.15, 0.2) is 20.8 Å². The molecule has 2 aromatic rings. The Morgan fingerprint density at radius 3 is 2.63 bits per heavy atom. The summed E-state index contributed by atoms with van der Waals surface area (Å²) in [7, 11) is 2.10. The predicted octanol–water partition coefficient (Wildman–Crippen LogP) is 1.23. The van der Waals surface area contributed by atoms with Crippen LogP contribution in [0.25, 0.3) is 11.4 Å². The highest BCUT2D eigenvalue weighted by atomic mass is 32.2. The van der Waals surface area contributed by atoms with Crippen molar-refractivity contribution in [3.05, 3.63) is 24.3 Å². The summed E-state index contributed by atoms with van der Waals surface area (Å²) in [5, 5.41) is 9.00. The van der Waals surface area contributed by atoms with Crippen molar-refractivity contribution >= 4 is 27.5 Å². The number of rotatable bonds is 6. The van der Waals surface area contributed by atoms with Crippen molar-refractivity contribution in [2.24, 2.45) is 7.05 Å². The van der Waals surface area contributed by atoms with E-state index in [4.69, 9.17) is 4.74 Å². The zero-order chi connectivity index (χ0) is 19.6. The van der Waals surface area contributed by atoms with E-state index in [0.29, 0.717) is 17.4 Å². The van der Waals surface area contributed by atoms with Gasteiger partial charge < -0.3 is 14.2 Å². The van der Waals surface area contributed by atoms with Crippen LogP contribution in [0.3, 0.4) is 0 Å². The molecule has 1 atom stereocenters. The second-order valence-electron chi connectivity index (χ2n) is 6.44. The Labute approximate surface area is 162 Å². The lowest BCUT2D eigenvalue weighted by atomic mass is 10.2. The molecule has 27 heavy (non-hydrogen) atoms. The van der Waals surface area contributed by atoms with Gasteiger partial charge in [0.1, 0.15) is 5.75 Å². The van der Waals surface area contributed by atoms with Crippen LogP contribution in [-0.2, 0) is 21.7 Å². The maximum Gasteiger partial charge on any atom is 0.233 e. The number of aromatic nitrogens is 3.